The number of carbonyl (C=O) groups excluding carboxylic acids is 1. The summed E-state index contributed by atoms with van der Waals surface area (Å²) in [6.45, 7) is 7.72. The number of likely N-dealkylation sites (tertiary alicyclic amines) is 1. The molecule has 2 aliphatic heterocycles. The van der Waals surface area contributed by atoms with Gasteiger partial charge in [0.25, 0.3) is 0 Å². The van der Waals surface area contributed by atoms with E-state index in [1.54, 1.807) is 4.90 Å². The van der Waals surface area contributed by atoms with E-state index in [0.717, 1.165) is 49.4 Å². The van der Waals surface area contributed by atoms with Crippen molar-refractivity contribution in [2.75, 3.05) is 19.7 Å². The van der Waals surface area contributed by atoms with E-state index in [9.17, 15) is 9.59 Å². The van der Waals surface area contributed by atoms with Crippen molar-refractivity contribution < 1.29 is 29.0 Å². The zero-order chi connectivity index (χ0) is 22.4. The third kappa shape index (κ3) is 7.15. The topological polar surface area (TPSA) is 97.7 Å². The molecule has 1 aromatic rings. The van der Waals surface area contributed by atoms with E-state index in [1.165, 1.54) is 0 Å². The summed E-state index contributed by atoms with van der Waals surface area (Å²) in [5.74, 6) is 0.436. The molecule has 2 aliphatic rings. The number of carbonyl (C=O) groups is 2. The number of nitrogens with zero attached hydrogens (tertiary/aromatic N) is 2. The van der Waals surface area contributed by atoms with Crippen molar-refractivity contribution in [1.29, 1.82) is 0 Å². The van der Waals surface area contributed by atoms with Crippen LogP contribution in [-0.4, -0.2) is 59.2 Å². The normalized spacial score (nSPS) is 19.5. The Kier molecular flexibility index (Phi) is 7.41. The zero-order valence-corrected chi connectivity index (χ0v) is 18.5. The average molecular weight is 433 g/mol. The lowest BCUT2D eigenvalue weighted by Gasteiger charge is -2.33. The summed E-state index contributed by atoms with van der Waals surface area (Å²) in [4.78, 5) is 29.9. The Morgan fingerprint density at radius 2 is 1.87 bits per heavy atom. The van der Waals surface area contributed by atoms with E-state index in [4.69, 9.17) is 19.4 Å². The zero-order valence-electron chi connectivity index (χ0n) is 18.5. The number of oxime groups is 1. The first-order chi connectivity index (χ1) is 14.7. The Bertz CT molecular complexity index is 791. The summed E-state index contributed by atoms with van der Waals surface area (Å²) in [6.07, 6.45) is 2.68. The third-order valence-electron chi connectivity index (χ3n) is 5.38. The summed E-state index contributed by atoms with van der Waals surface area (Å²) in [5.41, 5.74) is 1.21. The van der Waals surface area contributed by atoms with E-state index >= 15 is 0 Å². The molecule has 1 amide bonds. The number of hydrogen-bond donors (Lipinski definition) is 1. The molecule has 2 heterocycles. The monoisotopic (exact) mass is 432 g/mol. The Hall–Kier alpha value is -2.77. The number of carboxylic acids is 1. The summed E-state index contributed by atoms with van der Waals surface area (Å²) >= 11 is 0. The van der Waals surface area contributed by atoms with Crippen molar-refractivity contribution in [1.82, 2.24) is 4.90 Å². The van der Waals surface area contributed by atoms with Crippen LogP contribution in [0.5, 0.6) is 5.75 Å². The van der Waals surface area contributed by atoms with Crippen molar-refractivity contribution in [3.05, 3.63) is 29.8 Å². The molecule has 0 spiro atoms. The van der Waals surface area contributed by atoms with Gasteiger partial charge in [-0.25, -0.2) is 4.79 Å². The molecule has 1 saturated heterocycles. The molecule has 31 heavy (non-hydrogen) atoms. The smallest absolute Gasteiger partial charge is 0.410 e. The molecule has 8 heteroatoms. The van der Waals surface area contributed by atoms with Crippen LogP contribution >= 0.6 is 0 Å². The van der Waals surface area contributed by atoms with E-state index in [1.807, 2.05) is 45.0 Å². The number of ether oxygens (including phenoxy) is 2. The maximum Gasteiger partial charge on any atom is 0.410 e. The Morgan fingerprint density at radius 1 is 1.19 bits per heavy atom. The molecule has 1 atom stereocenters. The van der Waals surface area contributed by atoms with Gasteiger partial charge in [-0.3, -0.25) is 4.79 Å². The molecule has 1 N–H and O–H groups in total. The number of amides is 1. The van der Waals surface area contributed by atoms with Gasteiger partial charge in [0.05, 0.1) is 18.7 Å². The van der Waals surface area contributed by atoms with Crippen molar-refractivity contribution in [2.45, 2.75) is 64.6 Å². The van der Waals surface area contributed by atoms with Gasteiger partial charge in [0.15, 0.2) is 0 Å². The van der Waals surface area contributed by atoms with Crippen LogP contribution in [0.1, 0.15) is 58.4 Å². The van der Waals surface area contributed by atoms with Crippen molar-refractivity contribution >= 4 is 17.8 Å². The van der Waals surface area contributed by atoms with Gasteiger partial charge in [0.1, 0.15) is 17.5 Å². The number of aliphatic carboxylic acids is 1. The molecular formula is C23H32N2O6. The van der Waals surface area contributed by atoms with Gasteiger partial charge in [0, 0.05) is 19.5 Å². The minimum atomic E-state index is -0.888. The van der Waals surface area contributed by atoms with Crippen LogP contribution in [0, 0.1) is 5.92 Å². The van der Waals surface area contributed by atoms with Crippen LogP contribution in [0.15, 0.2) is 29.4 Å². The molecule has 1 fully saturated rings. The number of piperidine rings is 1. The number of hydrogen-bond acceptors (Lipinski definition) is 6. The van der Waals surface area contributed by atoms with Gasteiger partial charge in [-0.2, -0.15) is 0 Å². The second kappa shape index (κ2) is 10.0. The molecule has 0 aromatic heterocycles. The quantitative estimate of drug-likeness (QED) is 0.697. The highest BCUT2D eigenvalue weighted by molar-refractivity contribution is 6.01. The third-order valence-corrected chi connectivity index (χ3v) is 5.38. The van der Waals surface area contributed by atoms with Crippen molar-refractivity contribution in [3.8, 4) is 5.75 Å². The maximum absolute atomic E-state index is 12.1. The van der Waals surface area contributed by atoms with Gasteiger partial charge >= 0.3 is 12.1 Å². The van der Waals surface area contributed by atoms with Gasteiger partial charge in [-0.05, 0) is 75.8 Å². The Morgan fingerprint density at radius 3 is 2.48 bits per heavy atom. The van der Waals surface area contributed by atoms with Gasteiger partial charge in [-0.1, -0.05) is 5.16 Å². The molecule has 1 unspecified atom stereocenters. The highest BCUT2D eigenvalue weighted by atomic mass is 16.6. The fourth-order valence-corrected chi connectivity index (χ4v) is 3.72. The van der Waals surface area contributed by atoms with Crippen LogP contribution in [0.4, 0.5) is 4.79 Å². The summed E-state index contributed by atoms with van der Waals surface area (Å²) in [6, 6.07) is 7.63. The molecule has 1 aromatic carbocycles. The summed E-state index contributed by atoms with van der Waals surface area (Å²) in [5, 5.41) is 12.9. The van der Waals surface area contributed by atoms with E-state index in [0.29, 0.717) is 18.9 Å². The van der Waals surface area contributed by atoms with Crippen LogP contribution in [-0.2, 0) is 14.4 Å². The minimum Gasteiger partial charge on any atom is -0.494 e. The standard InChI is InChI=1S/C23H32N2O6/c1-23(2,3)30-22(28)25-11-8-16(9-12-25)10-13-29-18-6-4-17(5-7-18)20-14-19(31-24-20)15-21(26)27/h4-7,16,19H,8-15H2,1-3H3,(H,26,27). The van der Waals surface area contributed by atoms with Crippen LogP contribution < -0.4 is 4.74 Å². The molecule has 170 valence electrons. The van der Waals surface area contributed by atoms with Crippen molar-refractivity contribution in [3.63, 3.8) is 0 Å². The van der Waals surface area contributed by atoms with E-state index in [2.05, 4.69) is 5.16 Å². The second-order valence-corrected chi connectivity index (χ2v) is 9.14. The van der Waals surface area contributed by atoms with E-state index in [-0.39, 0.29) is 12.5 Å². The SMILES string of the molecule is CC(C)(C)OC(=O)N1CCC(CCOc2ccc(C3=NOC(CC(=O)O)C3)cc2)CC1. The predicted octanol–water partition coefficient (Wildman–Crippen LogP) is 4.07. The fraction of sp³-hybridized carbons (Fsp3) is 0.609. The molecule has 8 nitrogen and oxygen atoms in total. The first-order valence-corrected chi connectivity index (χ1v) is 10.9. The largest absolute Gasteiger partial charge is 0.494 e. The summed E-state index contributed by atoms with van der Waals surface area (Å²) in [7, 11) is 0. The first kappa shape index (κ1) is 22.9. The number of benzene rings is 1. The molecule has 0 saturated carbocycles. The molecule has 0 radical (unpaired) electrons. The van der Waals surface area contributed by atoms with Gasteiger partial charge in [0.2, 0.25) is 0 Å². The van der Waals surface area contributed by atoms with Crippen LogP contribution in [0.3, 0.4) is 0 Å². The highest BCUT2D eigenvalue weighted by Crippen LogP contribution is 2.24. The van der Waals surface area contributed by atoms with Gasteiger partial charge < -0.3 is 24.3 Å². The lowest BCUT2D eigenvalue weighted by atomic mass is 9.94. The average Bonchev–Trinajstić information content (AvgIpc) is 3.15. The predicted molar refractivity (Wildman–Crippen MR) is 115 cm³/mol. The lowest BCUT2D eigenvalue weighted by molar-refractivity contribution is -0.139. The van der Waals surface area contributed by atoms with Gasteiger partial charge in [-0.15, -0.1) is 0 Å². The lowest BCUT2D eigenvalue weighted by Crippen LogP contribution is -2.41. The molecular weight excluding hydrogens is 400 g/mol. The molecule has 0 aliphatic carbocycles. The Labute approximate surface area is 183 Å². The fourth-order valence-electron chi connectivity index (χ4n) is 3.72. The number of carboxylic acid groups (broad SMARTS) is 1. The second-order valence-electron chi connectivity index (χ2n) is 9.14. The highest BCUT2D eigenvalue weighted by Gasteiger charge is 2.27. The maximum atomic E-state index is 12.1. The van der Waals surface area contributed by atoms with Crippen molar-refractivity contribution in [2.24, 2.45) is 11.1 Å². The van der Waals surface area contributed by atoms with E-state index < -0.39 is 17.7 Å². The number of rotatable bonds is 7. The summed E-state index contributed by atoms with van der Waals surface area (Å²) < 4.78 is 11.3. The Balaban J connectivity index is 1.36. The minimum absolute atomic E-state index is 0.0507. The van der Waals surface area contributed by atoms with Crippen LogP contribution in [0.2, 0.25) is 0 Å². The molecule has 0 bridgehead atoms. The van der Waals surface area contributed by atoms with Crippen LogP contribution in [0.25, 0.3) is 0 Å². The first-order valence-electron chi connectivity index (χ1n) is 10.9. The molecule has 3 rings (SSSR count).